The number of nitrogens with one attached hydrogen (secondary N) is 2. The second-order valence-electron chi connectivity index (χ2n) is 5.40. The van der Waals surface area contributed by atoms with E-state index in [-0.39, 0.29) is 6.10 Å². The fourth-order valence-electron chi connectivity index (χ4n) is 2.13. The van der Waals surface area contributed by atoms with E-state index in [0.29, 0.717) is 30.8 Å². The normalized spacial score (nSPS) is 13.4. The van der Waals surface area contributed by atoms with Crippen molar-refractivity contribution in [2.75, 3.05) is 19.7 Å². The van der Waals surface area contributed by atoms with E-state index in [1.807, 2.05) is 20.8 Å². The van der Waals surface area contributed by atoms with Crippen molar-refractivity contribution in [3.8, 4) is 0 Å². The maximum absolute atomic E-state index is 5.45. The molecule has 1 aromatic rings. The van der Waals surface area contributed by atoms with E-state index >= 15 is 0 Å². The lowest BCUT2D eigenvalue weighted by molar-refractivity contribution is 0.0683. The van der Waals surface area contributed by atoms with Gasteiger partial charge >= 0.3 is 0 Å². The van der Waals surface area contributed by atoms with Crippen LogP contribution in [-0.4, -0.2) is 35.8 Å². The molecule has 0 fully saturated rings. The second-order valence-corrected chi connectivity index (χ2v) is 5.40. The minimum absolute atomic E-state index is 0.164. The molecule has 0 aliphatic rings. The van der Waals surface area contributed by atoms with Crippen molar-refractivity contribution in [2.45, 2.75) is 60.1 Å². The number of aromatic nitrogens is 2. The average molecular weight is 325 g/mol. The van der Waals surface area contributed by atoms with Gasteiger partial charge in [-0.05, 0) is 26.7 Å². The number of guanidine groups is 1. The fraction of sp³-hybridized carbons (Fsp3) is 0.812. The summed E-state index contributed by atoms with van der Waals surface area (Å²) in [7, 11) is 0. The molecule has 132 valence electrons. The molecular formula is C16H31N5O2. The highest BCUT2D eigenvalue weighted by Crippen LogP contribution is 2.13. The van der Waals surface area contributed by atoms with Crippen molar-refractivity contribution < 1.29 is 9.26 Å². The van der Waals surface area contributed by atoms with Gasteiger partial charge in [0, 0.05) is 19.7 Å². The first-order valence-corrected chi connectivity index (χ1v) is 8.60. The molecule has 2 N–H and O–H groups in total. The van der Waals surface area contributed by atoms with E-state index in [4.69, 9.17) is 9.26 Å². The van der Waals surface area contributed by atoms with Crippen molar-refractivity contribution in [2.24, 2.45) is 10.9 Å². The van der Waals surface area contributed by atoms with Crippen molar-refractivity contribution in [3.05, 3.63) is 11.7 Å². The summed E-state index contributed by atoms with van der Waals surface area (Å²) in [4.78, 5) is 8.82. The van der Waals surface area contributed by atoms with Gasteiger partial charge in [-0.1, -0.05) is 31.8 Å². The predicted octanol–water partition coefficient (Wildman–Crippen LogP) is 2.66. The molecule has 0 saturated heterocycles. The van der Waals surface area contributed by atoms with E-state index < -0.39 is 0 Å². The van der Waals surface area contributed by atoms with Gasteiger partial charge in [0.1, 0.15) is 12.6 Å². The first-order chi connectivity index (χ1) is 11.1. The van der Waals surface area contributed by atoms with E-state index in [2.05, 4.69) is 39.6 Å². The summed E-state index contributed by atoms with van der Waals surface area (Å²) in [5.41, 5.74) is 0. The highest BCUT2D eigenvalue weighted by atomic mass is 16.5. The largest absolute Gasteiger partial charge is 0.371 e. The highest BCUT2D eigenvalue weighted by Gasteiger charge is 2.13. The van der Waals surface area contributed by atoms with Crippen LogP contribution >= 0.6 is 0 Å². The van der Waals surface area contributed by atoms with Crippen LogP contribution in [0.1, 0.15) is 65.3 Å². The summed E-state index contributed by atoms with van der Waals surface area (Å²) < 4.78 is 10.7. The maximum atomic E-state index is 5.45. The molecule has 0 aliphatic heterocycles. The zero-order chi connectivity index (χ0) is 17.1. The third-order valence-corrected chi connectivity index (χ3v) is 3.69. The Hall–Kier alpha value is -1.63. The Morgan fingerprint density at radius 2 is 1.96 bits per heavy atom. The molecule has 0 radical (unpaired) electrons. The molecule has 1 unspecified atom stereocenters. The Labute approximate surface area is 139 Å². The molecule has 7 heteroatoms. The molecule has 1 rings (SSSR count). The van der Waals surface area contributed by atoms with Crippen LogP contribution < -0.4 is 10.6 Å². The van der Waals surface area contributed by atoms with Crippen LogP contribution in [0.25, 0.3) is 0 Å². The quantitative estimate of drug-likeness (QED) is 0.508. The van der Waals surface area contributed by atoms with Crippen LogP contribution in [0.2, 0.25) is 0 Å². The molecule has 1 aromatic heterocycles. The van der Waals surface area contributed by atoms with Crippen LogP contribution in [0.4, 0.5) is 0 Å². The third kappa shape index (κ3) is 6.99. The minimum Gasteiger partial charge on any atom is -0.371 e. The number of hydrogen-bond donors (Lipinski definition) is 2. The summed E-state index contributed by atoms with van der Waals surface area (Å²) in [6.45, 7) is 13.0. The van der Waals surface area contributed by atoms with Crippen LogP contribution in [0.3, 0.4) is 0 Å². The fourth-order valence-corrected chi connectivity index (χ4v) is 2.13. The van der Waals surface area contributed by atoms with Crippen LogP contribution in [0, 0.1) is 5.92 Å². The number of ether oxygens (including phenoxy) is 1. The summed E-state index contributed by atoms with van der Waals surface area (Å²) in [5.74, 6) is 2.48. The van der Waals surface area contributed by atoms with Gasteiger partial charge in [-0.2, -0.15) is 4.98 Å². The molecule has 0 spiro atoms. The standard InChI is InChI=1S/C16H31N5O2/c1-6-13(7-2)10-18-16(17-8-3)19-11-14-20-15(21-23-14)12(5)22-9-4/h12-13H,6-11H2,1-5H3,(H2,17,18,19). The molecule has 7 nitrogen and oxygen atoms in total. The van der Waals surface area contributed by atoms with Crippen LogP contribution in [0.15, 0.2) is 9.52 Å². The number of hydrogen-bond acceptors (Lipinski definition) is 5. The van der Waals surface area contributed by atoms with Crippen molar-refractivity contribution in [1.29, 1.82) is 0 Å². The van der Waals surface area contributed by atoms with Crippen molar-refractivity contribution in [1.82, 2.24) is 20.8 Å². The van der Waals surface area contributed by atoms with E-state index in [1.165, 1.54) is 0 Å². The SMILES string of the molecule is CCNC(=NCc1nc(C(C)OCC)no1)NCC(CC)CC. The Balaban J connectivity index is 2.59. The number of rotatable bonds is 10. The molecule has 0 aromatic carbocycles. The van der Waals surface area contributed by atoms with Crippen LogP contribution in [0.5, 0.6) is 0 Å². The second kappa shape index (κ2) is 11.0. The average Bonchev–Trinajstić information content (AvgIpc) is 3.02. The van der Waals surface area contributed by atoms with Gasteiger partial charge < -0.3 is 19.9 Å². The van der Waals surface area contributed by atoms with Gasteiger partial charge in [0.15, 0.2) is 11.8 Å². The molecule has 1 atom stereocenters. The van der Waals surface area contributed by atoms with E-state index in [9.17, 15) is 0 Å². The lowest BCUT2D eigenvalue weighted by atomic mass is 10.0. The monoisotopic (exact) mass is 325 g/mol. The molecule has 1 heterocycles. The first kappa shape index (κ1) is 19.4. The van der Waals surface area contributed by atoms with Crippen molar-refractivity contribution >= 4 is 5.96 Å². The topological polar surface area (TPSA) is 84.6 Å². The number of aliphatic imine (C=N–C) groups is 1. The summed E-state index contributed by atoms with van der Waals surface area (Å²) in [6, 6.07) is 0. The molecule has 23 heavy (non-hydrogen) atoms. The zero-order valence-corrected chi connectivity index (χ0v) is 15.1. The van der Waals surface area contributed by atoms with E-state index in [0.717, 1.165) is 31.9 Å². The summed E-state index contributed by atoms with van der Waals surface area (Å²) >= 11 is 0. The molecule has 0 saturated carbocycles. The third-order valence-electron chi connectivity index (χ3n) is 3.69. The van der Waals surface area contributed by atoms with Gasteiger partial charge in [-0.3, -0.25) is 0 Å². The van der Waals surface area contributed by atoms with Gasteiger partial charge in [0.05, 0.1) is 0 Å². The molecule has 0 amide bonds. The number of nitrogens with zero attached hydrogens (tertiary/aromatic N) is 3. The zero-order valence-electron chi connectivity index (χ0n) is 15.1. The summed E-state index contributed by atoms with van der Waals surface area (Å²) in [6.07, 6.45) is 2.15. The Morgan fingerprint density at radius 3 is 2.57 bits per heavy atom. The minimum atomic E-state index is -0.164. The van der Waals surface area contributed by atoms with Crippen LogP contribution in [-0.2, 0) is 11.3 Å². The lowest BCUT2D eigenvalue weighted by Gasteiger charge is -2.16. The van der Waals surface area contributed by atoms with Gasteiger partial charge in [0.25, 0.3) is 0 Å². The van der Waals surface area contributed by atoms with Gasteiger partial charge in [0.2, 0.25) is 5.89 Å². The summed E-state index contributed by atoms with van der Waals surface area (Å²) in [5, 5.41) is 10.5. The smallest absolute Gasteiger partial charge is 0.248 e. The van der Waals surface area contributed by atoms with E-state index in [1.54, 1.807) is 0 Å². The Morgan fingerprint density at radius 1 is 1.22 bits per heavy atom. The Bertz CT molecular complexity index is 457. The molecule has 0 bridgehead atoms. The van der Waals surface area contributed by atoms with Gasteiger partial charge in [-0.25, -0.2) is 4.99 Å². The van der Waals surface area contributed by atoms with Crippen molar-refractivity contribution in [3.63, 3.8) is 0 Å². The first-order valence-electron chi connectivity index (χ1n) is 8.60. The maximum Gasteiger partial charge on any atom is 0.248 e. The lowest BCUT2D eigenvalue weighted by Crippen LogP contribution is -2.39. The van der Waals surface area contributed by atoms with Gasteiger partial charge in [-0.15, -0.1) is 0 Å². The molecule has 0 aliphatic carbocycles. The predicted molar refractivity (Wildman–Crippen MR) is 91.2 cm³/mol. The highest BCUT2D eigenvalue weighted by molar-refractivity contribution is 5.79. The Kier molecular flexibility index (Phi) is 9.28. The molecular weight excluding hydrogens is 294 g/mol.